The lowest BCUT2D eigenvalue weighted by atomic mass is 9.97. The molecule has 0 aliphatic heterocycles. The van der Waals surface area contributed by atoms with E-state index in [-0.39, 0.29) is 18.2 Å². The molecule has 1 aromatic rings. The van der Waals surface area contributed by atoms with Crippen molar-refractivity contribution in [2.75, 3.05) is 12.4 Å². The summed E-state index contributed by atoms with van der Waals surface area (Å²) >= 11 is 3.14. The summed E-state index contributed by atoms with van der Waals surface area (Å²) in [5.41, 5.74) is 2.87. The second kappa shape index (κ2) is 6.55. The Bertz CT molecular complexity index is 390. The molecule has 17 heavy (non-hydrogen) atoms. The zero-order valence-corrected chi connectivity index (χ0v) is 11.5. The fourth-order valence-electron chi connectivity index (χ4n) is 1.61. The second-order valence-corrected chi connectivity index (χ2v) is 4.36. The molecule has 0 aromatic heterocycles. The first-order valence-electron chi connectivity index (χ1n) is 5.30. The van der Waals surface area contributed by atoms with Gasteiger partial charge in [0.15, 0.2) is 0 Å². The summed E-state index contributed by atoms with van der Waals surface area (Å²) in [5.74, 6) is -0.139. The first-order valence-corrected chi connectivity index (χ1v) is 6.42. The Labute approximate surface area is 109 Å². The largest absolute Gasteiger partial charge is 0.469 e. The number of ether oxygens (including phenoxy) is 1. The van der Waals surface area contributed by atoms with E-state index in [1.807, 2.05) is 25.1 Å². The molecule has 0 heterocycles. The van der Waals surface area contributed by atoms with Gasteiger partial charge in [-0.05, 0) is 23.6 Å². The van der Waals surface area contributed by atoms with Gasteiger partial charge in [-0.25, -0.2) is 0 Å². The lowest BCUT2D eigenvalue weighted by Gasteiger charge is -2.09. The zero-order chi connectivity index (χ0) is 12.8. The van der Waals surface area contributed by atoms with Crippen LogP contribution < -0.4 is 0 Å². The first-order chi connectivity index (χ1) is 8.08. The molecule has 4 heteroatoms. The number of alkyl halides is 1. The summed E-state index contributed by atoms with van der Waals surface area (Å²) in [6.07, 6.45) is 0.644. The van der Waals surface area contributed by atoms with Crippen LogP contribution in [0, 0.1) is 6.92 Å². The zero-order valence-electron chi connectivity index (χ0n) is 9.96. The van der Waals surface area contributed by atoms with Gasteiger partial charge in [0.05, 0.1) is 18.9 Å². The summed E-state index contributed by atoms with van der Waals surface area (Å²) in [6.45, 7) is 1.93. The van der Waals surface area contributed by atoms with Crippen molar-refractivity contribution in [3.63, 3.8) is 0 Å². The van der Waals surface area contributed by atoms with Crippen LogP contribution in [0.4, 0.5) is 0 Å². The number of hydrogen-bond acceptors (Lipinski definition) is 3. The smallest absolute Gasteiger partial charge is 0.309 e. The summed E-state index contributed by atoms with van der Waals surface area (Å²) < 4.78 is 4.64. The molecular weight excluding hydrogens is 284 g/mol. The average molecular weight is 299 g/mol. The lowest BCUT2D eigenvalue weighted by molar-refractivity contribution is -0.139. The van der Waals surface area contributed by atoms with Crippen LogP contribution in [0.15, 0.2) is 18.2 Å². The predicted octanol–water partition coefficient (Wildman–Crippen LogP) is 2.22. The van der Waals surface area contributed by atoms with E-state index in [9.17, 15) is 9.59 Å². The number of Topliss-reactive ketones (excluding diaryl/α,β-unsaturated/α-hetero) is 1. The van der Waals surface area contributed by atoms with Gasteiger partial charge >= 0.3 is 5.97 Å². The van der Waals surface area contributed by atoms with Crippen molar-refractivity contribution in [2.45, 2.75) is 19.8 Å². The summed E-state index contributed by atoms with van der Waals surface area (Å²) in [4.78, 5) is 22.6. The third-order valence-electron chi connectivity index (χ3n) is 2.66. The number of halogens is 1. The number of ketones is 1. The molecule has 0 saturated carbocycles. The lowest BCUT2D eigenvalue weighted by Crippen LogP contribution is -2.09. The highest BCUT2D eigenvalue weighted by atomic mass is 79.9. The van der Waals surface area contributed by atoms with E-state index in [1.165, 1.54) is 7.11 Å². The molecule has 0 aliphatic rings. The number of rotatable bonds is 5. The Morgan fingerprint density at radius 3 is 2.35 bits per heavy atom. The normalized spacial score (nSPS) is 10.1. The Hall–Kier alpha value is -1.16. The molecule has 0 aliphatic carbocycles. The Morgan fingerprint density at radius 1 is 1.24 bits per heavy atom. The third kappa shape index (κ3) is 3.97. The highest BCUT2D eigenvalue weighted by molar-refractivity contribution is 9.09. The van der Waals surface area contributed by atoms with E-state index in [0.29, 0.717) is 11.8 Å². The number of methoxy groups -OCH3 is 1. The number of hydrogen-bond donors (Lipinski definition) is 0. The SMILES string of the molecule is COC(=O)Cc1cccc(CC(=O)CBr)c1C. The maximum Gasteiger partial charge on any atom is 0.309 e. The van der Waals surface area contributed by atoms with E-state index in [2.05, 4.69) is 20.7 Å². The molecule has 0 spiro atoms. The van der Waals surface area contributed by atoms with Gasteiger partial charge in [-0.1, -0.05) is 34.1 Å². The highest BCUT2D eigenvalue weighted by Gasteiger charge is 2.10. The summed E-state index contributed by atoms with van der Waals surface area (Å²) in [7, 11) is 1.37. The van der Waals surface area contributed by atoms with E-state index in [1.54, 1.807) is 0 Å². The molecule has 0 unspecified atom stereocenters. The van der Waals surface area contributed by atoms with E-state index in [4.69, 9.17) is 0 Å². The topological polar surface area (TPSA) is 43.4 Å². The van der Waals surface area contributed by atoms with Crippen molar-refractivity contribution in [3.05, 3.63) is 34.9 Å². The number of carbonyl (C=O) groups excluding carboxylic acids is 2. The summed E-state index contributed by atoms with van der Waals surface area (Å²) in [6, 6.07) is 5.66. The highest BCUT2D eigenvalue weighted by Crippen LogP contribution is 2.16. The van der Waals surface area contributed by atoms with Crippen LogP contribution in [0.5, 0.6) is 0 Å². The van der Waals surface area contributed by atoms with Crippen molar-refractivity contribution in [3.8, 4) is 0 Å². The van der Waals surface area contributed by atoms with Gasteiger partial charge in [0, 0.05) is 6.42 Å². The maximum atomic E-state index is 11.4. The molecule has 3 nitrogen and oxygen atoms in total. The van der Waals surface area contributed by atoms with Crippen LogP contribution in [0.1, 0.15) is 16.7 Å². The number of esters is 1. The monoisotopic (exact) mass is 298 g/mol. The third-order valence-corrected chi connectivity index (χ3v) is 3.28. The van der Waals surface area contributed by atoms with Crippen LogP contribution >= 0.6 is 15.9 Å². The van der Waals surface area contributed by atoms with Crippen LogP contribution in [0.2, 0.25) is 0 Å². The standard InChI is InChI=1S/C13H15BrO3/c1-9-10(6-12(15)8-14)4-3-5-11(9)7-13(16)17-2/h3-5H,6-8H2,1-2H3. The van der Waals surface area contributed by atoms with Crippen molar-refractivity contribution >= 4 is 27.7 Å². The molecule has 92 valence electrons. The summed E-state index contributed by atoms with van der Waals surface area (Å²) in [5, 5.41) is 0.355. The Kier molecular flexibility index (Phi) is 5.35. The molecule has 0 atom stereocenters. The minimum Gasteiger partial charge on any atom is -0.469 e. The first kappa shape index (κ1) is 13.9. The van der Waals surface area contributed by atoms with Gasteiger partial charge in [-0.15, -0.1) is 0 Å². The van der Waals surface area contributed by atoms with Crippen LogP contribution in [0.3, 0.4) is 0 Å². The Morgan fingerprint density at radius 2 is 1.82 bits per heavy atom. The molecule has 0 radical (unpaired) electrons. The number of carbonyl (C=O) groups is 2. The fraction of sp³-hybridized carbons (Fsp3) is 0.385. The van der Waals surface area contributed by atoms with Gasteiger partial charge in [0.2, 0.25) is 0 Å². The minimum atomic E-state index is -0.267. The van der Waals surface area contributed by atoms with Gasteiger partial charge in [0.25, 0.3) is 0 Å². The van der Waals surface area contributed by atoms with Gasteiger partial charge in [-0.2, -0.15) is 0 Å². The van der Waals surface area contributed by atoms with E-state index >= 15 is 0 Å². The quantitative estimate of drug-likeness (QED) is 0.618. The number of benzene rings is 1. The fourth-order valence-corrected chi connectivity index (χ4v) is 1.81. The maximum absolute atomic E-state index is 11.4. The molecule has 0 saturated heterocycles. The second-order valence-electron chi connectivity index (χ2n) is 3.80. The molecule has 1 aromatic carbocycles. The molecule has 0 fully saturated rings. The van der Waals surface area contributed by atoms with E-state index in [0.717, 1.165) is 16.7 Å². The average Bonchev–Trinajstić information content (AvgIpc) is 2.33. The minimum absolute atomic E-state index is 0.128. The van der Waals surface area contributed by atoms with E-state index < -0.39 is 0 Å². The molecule has 0 bridgehead atoms. The Balaban J connectivity index is 2.91. The van der Waals surface area contributed by atoms with Crippen molar-refractivity contribution in [1.82, 2.24) is 0 Å². The van der Waals surface area contributed by atoms with Crippen LogP contribution in [0.25, 0.3) is 0 Å². The van der Waals surface area contributed by atoms with Gasteiger partial charge < -0.3 is 4.74 Å². The molecule has 1 rings (SSSR count). The predicted molar refractivity (Wildman–Crippen MR) is 69.4 cm³/mol. The molecule has 0 amide bonds. The van der Waals surface area contributed by atoms with Crippen molar-refractivity contribution < 1.29 is 14.3 Å². The molecule has 0 N–H and O–H groups in total. The van der Waals surface area contributed by atoms with Crippen molar-refractivity contribution in [1.29, 1.82) is 0 Å². The van der Waals surface area contributed by atoms with Crippen molar-refractivity contribution in [2.24, 2.45) is 0 Å². The van der Waals surface area contributed by atoms with Gasteiger partial charge in [-0.3, -0.25) is 9.59 Å². The van der Waals surface area contributed by atoms with Crippen LogP contribution in [-0.2, 0) is 27.2 Å². The molecular formula is C13H15BrO3. The van der Waals surface area contributed by atoms with Gasteiger partial charge in [0.1, 0.15) is 5.78 Å². The van der Waals surface area contributed by atoms with Crippen LogP contribution in [-0.4, -0.2) is 24.2 Å².